The van der Waals surface area contributed by atoms with Crippen LogP contribution in [-0.4, -0.2) is 24.8 Å². The summed E-state index contributed by atoms with van der Waals surface area (Å²) in [4.78, 5) is 32.0. The Hall–Kier alpha value is -9.27. The molecule has 3 heterocycles. The number of pyridine rings is 3. The largest absolute Gasteiger partial charge is 0.305 e. The maximum absolute atomic E-state index is 13.3. The molecule has 0 unspecified atom stereocenters. The zero-order valence-corrected chi connectivity index (χ0v) is 57.6. The lowest BCUT2D eigenvalue weighted by Crippen LogP contribution is -2.19. The van der Waals surface area contributed by atoms with Crippen molar-refractivity contribution in [2.75, 3.05) is 0 Å². The van der Waals surface area contributed by atoms with Crippen LogP contribution in [0.2, 0.25) is 0 Å². The third-order valence-corrected chi connectivity index (χ3v) is 14.6. The smallest absolute Gasteiger partial charge is 0.264 e. The van der Waals surface area contributed by atoms with E-state index in [1.807, 2.05) is 77.9 Å². The molecule has 7 aromatic rings. The summed E-state index contributed by atoms with van der Waals surface area (Å²) >= 11 is 0. The zero-order valence-electron chi connectivity index (χ0n) is 57.6. The van der Waals surface area contributed by atoms with Gasteiger partial charge in [0.25, 0.3) is 5.69 Å². The van der Waals surface area contributed by atoms with Crippen molar-refractivity contribution < 1.29 is 31.8 Å². The Morgan fingerprint density at radius 1 is 0.548 bits per heavy atom. The number of hydrogen-bond acceptors (Lipinski definition) is 10. The van der Waals surface area contributed by atoms with Crippen LogP contribution >= 0.6 is 0 Å². The van der Waals surface area contributed by atoms with E-state index in [0.717, 1.165) is 36.0 Å². The average molecular weight is 1280 g/mol. The van der Waals surface area contributed by atoms with Gasteiger partial charge in [0, 0.05) is 53.5 Å². The van der Waals surface area contributed by atoms with Crippen molar-refractivity contribution in [1.29, 1.82) is 15.8 Å². The van der Waals surface area contributed by atoms with Gasteiger partial charge in [0.2, 0.25) is 5.82 Å². The lowest BCUT2D eigenvalue weighted by Gasteiger charge is -2.23. The van der Waals surface area contributed by atoms with E-state index in [-0.39, 0.29) is 85.8 Å². The van der Waals surface area contributed by atoms with E-state index in [1.54, 1.807) is 76.5 Å². The van der Waals surface area contributed by atoms with Gasteiger partial charge in [-0.1, -0.05) is 181 Å². The Morgan fingerprint density at radius 2 is 1.05 bits per heavy atom. The minimum absolute atomic E-state index is 0.0347. The fourth-order valence-electron chi connectivity index (χ4n) is 8.52. The topological polar surface area (TPSA) is 196 Å². The average Bonchev–Trinajstić information content (AvgIpc) is 1.79. The van der Waals surface area contributed by atoms with Crippen LogP contribution in [0, 0.1) is 94.1 Å². The number of hydrogen-bond donors (Lipinski definition) is 0. The van der Waals surface area contributed by atoms with Gasteiger partial charge in [-0.2, -0.15) is 20.2 Å². The monoisotopic (exact) mass is 1280 g/mol. The number of nitrogens with zero attached hydrogens (tertiary/aromatic N) is 8. The van der Waals surface area contributed by atoms with Gasteiger partial charge in [0.05, 0.1) is 49.9 Å². The van der Waals surface area contributed by atoms with Gasteiger partial charge in [-0.15, -0.1) is 0 Å². The summed E-state index contributed by atoms with van der Waals surface area (Å²) in [6, 6.07) is 34.8. The summed E-state index contributed by atoms with van der Waals surface area (Å²) in [5, 5.41) is 46.6. The molecule has 0 N–H and O–H groups in total. The Bertz CT molecular complexity index is 3690. The van der Waals surface area contributed by atoms with Gasteiger partial charge >= 0.3 is 5.69 Å². The fraction of sp³-hybridized carbons (Fsp3) is 0.395. The van der Waals surface area contributed by atoms with Crippen LogP contribution in [0.15, 0.2) is 141 Å². The highest BCUT2D eigenvalue weighted by atomic mass is 19.1. The van der Waals surface area contributed by atoms with E-state index in [0.29, 0.717) is 33.4 Å². The predicted molar refractivity (Wildman–Crippen MR) is 366 cm³/mol. The number of nitro benzene ring substituents is 2. The van der Waals surface area contributed by atoms with Crippen LogP contribution in [0.1, 0.15) is 236 Å². The normalized spacial score (nSPS) is 11.7. The minimum Gasteiger partial charge on any atom is -0.264 e. The van der Waals surface area contributed by atoms with Gasteiger partial charge < -0.3 is 0 Å². The highest BCUT2D eigenvalue weighted by molar-refractivity contribution is 5.49. The molecule has 0 saturated heterocycles. The molecule has 1 saturated carbocycles. The van der Waals surface area contributed by atoms with E-state index < -0.39 is 21.4 Å². The van der Waals surface area contributed by atoms with Crippen molar-refractivity contribution in [3.8, 4) is 18.2 Å². The molecule has 0 bridgehead atoms. The number of nitriles is 3. The number of halogens is 5. The summed E-state index contributed by atoms with van der Waals surface area (Å²) in [6.07, 6.45) is 10.6. The lowest BCUT2D eigenvalue weighted by molar-refractivity contribution is -0.387. The molecule has 4 aromatic carbocycles. The quantitative estimate of drug-likeness (QED) is 0.0762. The van der Waals surface area contributed by atoms with Crippen molar-refractivity contribution in [1.82, 2.24) is 15.0 Å². The third-order valence-electron chi connectivity index (χ3n) is 14.6. The molecule has 0 aliphatic heterocycles. The highest BCUT2D eigenvalue weighted by Gasteiger charge is 2.52. The van der Waals surface area contributed by atoms with Gasteiger partial charge in [0.1, 0.15) is 29.3 Å². The number of rotatable bonds is 9. The van der Waals surface area contributed by atoms with Gasteiger partial charge in [-0.3, -0.25) is 35.2 Å². The summed E-state index contributed by atoms with van der Waals surface area (Å²) in [5.74, 6) is -1.50. The van der Waals surface area contributed by atoms with Crippen LogP contribution in [-0.2, 0) is 10.8 Å². The maximum Gasteiger partial charge on any atom is 0.305 e. The molecule has 17 heteroatoms. The first-order valence-corrected chi connectivity index (χ1v) is 30.6. The molecule has 93 heavy (non-hydrogen) atoms. The number of aromatic nitrogens is 3. The minimum atomic E-state index is -0.720. The SMILES string of the molecule is C=Cc1cccc(C(C)(C)C)n1.C=Cc1ncccc1C(C)(C)C.CC(C)(C)C1(C#N)CC1.CC(C)c1cc(C#N)ccc1F.CC(C)c1cc([N+](=O)[O-])ccc1F.CC(C)c1cccc(C#N)c1F.CC(C)c1cccc([N+](=O)[O-])c1F.CC(C)c1cnccc1F. The number of non-ortho nitro benzene ring substituents is 1. The standard InChI is InChI=1S/2C11H15N.2C10H10FN.2C9H10FNO2.C8H10FN.C8H13N/c1-5-10-9(11(2,3)4)7-6-8-12-10;1-5-9-7-6-8-10(12-9)11(2,3)4;1-7(2)9-5-8(6-12)3-4-10(9)11;1-7(2)9-5-3-4-8(6-12)10(9)11;1-6(2)8-5-7(11(12)13)3-4-9(8)10;1-6(2)7-4-3-5-8(9(7)10)11(12)13;1-6(2)7-5-10-4-3-8(7)9;1-7(2,3)8(6-9)4-5-8/h2*5-8H,1H2,2-4H3;2*3-5,7H,1-2H3;2*3-6H,1-2H3;3-6H,1-2H3;4-5H2,1-3H3. The molecule has 0 radical (unpaired) electrons. The Balaban J connectivity index is 0.000000533. The zero-order chi connectivity index (χ0) is 71.4. The first-order chi connectivity index (χ1) is 43.2. The predicted octanol–water partition coefficient (Wildman–Crippen LogP) is 22.1. The second kappa shape index (κ2) is 37.9. The Labute approximate surface area is 549 Å². The molecule has 496 valence electrons. The highest BCUT2D eigenvalue weighted by Crippen LogP contribution is 2.57. The fourth-order valence-corrected chi connectivity index (χ4v) is 8.52. The molecule has 3 aromatic heterocycles. The van der Waals surface area contributed by atoms with Crippen LogP contribution in [0.4, 0.5) is 33.3 Å². The molecule has 0 spiro atoms. The maximum atomic E-state index is 13.3. The van der Waals surface area contributed by atoms with Gasteiger partial charge in [-0.05, 0) is 148 Å². The van der Waals surface area contributed by atoms with Crippen molar-refractivity contribution >= 4 is 23.5 Å². The molecular weight excluding hydrogens is 1180 g/mol. The summed E-state index contributed by atoms with van der Waals surface area (Å²) in [7, 11) is 0. The number of nitro groups is 2. The second-order valence-corrected chi connectivity index (χ2v) is 26.5. The molecule has 0 amide bonds. The van der Waals surface area contributed by atoms with Gasteiger partial charge in [-0.25, -0.2) is 17.6 Å². The van der Waals surface area contributed by atoms with Crippen molar-refractivity contribution in [2.45, 2.75) is 185 Å². The number of benzene rings is 4. The molecular formula is C76H93F5N8O4. The molecule has 12 nitrogen and oxygen atoms in total. The molecule has 1 aliphatic carbocycles. The van der Waals surface area contributed by atoms with Crippen LogP contribution in [0.25, 0.3) is 12.2 Å². The van der Waals surface area contributed by atoms with E-state index in [9.17, 15) is 42.2 Å². The molecule has 0 atom stereocenters. The van der Waals surface area contributed by atoms with Gasteiger partial charge in [0.15, 0.2) is 0 Å². The van der Waals surface area contributed by atoms with E-state index in [1.165, 1.54) is 60.3 Å². The van der Waals surface area contributed by atoms with Crippen molar-refractivity contribution in [3.05, 3.63) is 252 Å². The third kappa shape index (κ3) is 26.8. The molecule has 1 fully saturated rings. The summed E-state index contributed by atoms with van der Waals surface area (Å²) in [5.41, 5.74) is 7.59. The first kappa shape index (κ1) is 81.7. The Kier molecular flexibility index (Phi) is 33.3. The lowest BCUT2D eigenvalue weighted by atomic mass is 9.79. The van der Waals surface area contributed by atoms with Crippen molar-refractivity contribution in [2.24, 2.45) is 10.8 Å². The van der Waals surface area contributed by atoms with Crippen molar-refractivity contribution in [3.63, 3.8) is 0 Å². The van der Waals surface area contributed by atoms with E-state index in [4.69, 9.17) is 15.8 Å². The Morgan fingerprint density at radius 3 is 1.45 bits per heavy atom. The molecule has 8 rings (SSSR count). The van der Waals surface area contributed by atoms with Crippen LogP contribution < -0.4 is 0 Å². The van der Waals surface area contributed by atoms with Crippen LogP contribution in [0.5, 0.6) is 0 Å². The van der Waals surface area contributed by atoms with E-state index in [2.05, 4.69) is 103 Å². The van der Waals surface area contributed by atoms with E-state index >= 15 is 0 Å². The van der Waals surface area contributed by atoms with Crippen LogP contribution in [0.3, 0.4) is 0 Å². The molecule has 1 aliphatic rings. The first-order valence-electron chi connectivity index (χ1n) is 30.6. The second-order valence-electron chi connectivity index (χ2n) is 26.5. The summed E-state index contributed by atoms with van der Waals surface area (Å²) < 4.78 is 65.5. The summed E-state index contributed by atoms with van der Waals surface area (Å²) in [6.45, 7) is 45.5.